The number of fused-ring (bicyclic) bond motifs is 1. The Kier molecular flexibility index (Phi) is 1.22. The van der Waals surface area contributed by atoms with Gasteiger partial charge in [0.1, 0.15) is 5.65 Å². The summed E-state index contributed by atoms with van der Waals surface area (Å²) in [7, 11) is 0. The summed E-state index contributed by atoms with van der Waals surface area (Å²) >= 11 is 0. The first-order valence-corrected chi connectivity index (χ1v) is 3.30. The first-order valence-electron chi connectivity index (χ1n) is 3.30. The maximum atomic E-state index is 11.2. The molecule has 0 spiro atoms. The van der Waals surface area contributed by atoms with Crippen LogP contribution in [0, 0.1) is 0 Å². The molecule has 11 heavy (non-hydrogen) atoms. The molecule has 0 radical (unpaired) electrons. The van der Waals surface area contributed by atoms with Crippen LogP contribution in [0.15, 0.2) is 41.5 Å². The highest BCUT2D eigenvalue weighted by Crippen LogP contribution is 1.92. The number of aromatic nitrogens is 2. The van der Waals surface area contributed by atoms with Crippen molar-refractivity contribution in [3.05, 3.63) is 47.0 Å². The van der Waals surface area contributed by atoms with Crippen molar-refractivity contribution in [2.75, 3.05) is 0 Å². The van der Waals surface area contributed by atoms with Gasteiger partial charge in [-0.05, 0) is 18.2 Å². The third kappa shape index (κ3) is 0.902. The molecule has 0 saturated heterocycles. The second-order valence-corrected chi connectivity index (χ2v) is 2.21. The predicted molar refractivity (Wildman–Crippen MR) is 41.5 cm³/mol. The molecule has 2 heterocycles. The fourth-order valence-corrected chi connectivity index (χ4v) is 0.988. The van der Waals surface area contributed by atoms with Gasteiger partial charge >= 0.3 is 0 Å². The van der Waals surface area contributed by atoms with E-state index in [1.165, 1.54) is 10.5 Å². The average Bonchev–Trinajstić information content (AvgIpc) is 2.40. The molecule has 0 amide bonds. The third-order valence-corrected chi connectivity index (χ3v) is 1.50. The summed E-state index contributed by atoms with van der Waals surface area (Å²) in [5.41, 5.74) is 0.627. The van der Waals surface area contributed by atoms with E-state index in [0.717, 1.165) is 0 Å². The van der Waals surface area contributed by atoms with E-state index >= 15 is 0 Å². The molecule has 0 bridgehead atoms. The average molecular weight is 146 g/mol. The van der Waals surface area contributed by atoms with Gasteiger partial charge in [-0.3, -0.25) is 9.20 Å². The van der Waals surface area contributed by atoms with E-state index in [1.54, 1.807) is 30.6 Å². The summed E-state index contributed by atoms with van der Waals surface area (Å²) in [4.78, 5) is 15.2. The van der Waals surface area contributed by atoms with Gasteiger partial charge in [0.25, 0.3) is 5.56 Å². The monoisotopic (exact) mass is 146 g/mol. The molecule has 0 aromatic carbocycles. The molecule has 0 unspecified atom stereocenters. The van der Waals surface area contributed by atoms with Crippen molar-refractivity contribution in [1.82, 2.24) is 9.38 Å². The Morgan fingerprint density at radius 1 is 1.27 bits per heavy atom. The Morgan fingerprint density at radius 3 is 3.09 bits per heavy atom. The standard InChI is InChI=1S/C8H6N2O/c11-8-4-1-5-9-7-3-2-6-10(7)8/h1-6H. The summed E-state index contributed by atoms with van der Waals surface area (Å²) in [5, 5.41) is 0. The van der Waals surface area contributed by atoms with Crippen LogP contribution in [0.5, 0.6) is 0 Å². The van der Waals surface area contributed by atoms with Gasteiger partial charge in [-0.1, -0.05) is 0 Å². The minimum atomic E-state index is -0.0532. The van der Waals surface area contributed by atoms with Crippen LogP contribution in [-0.4, -0.2) is 9.38 Å². The van der Waals surface area contributed by atoms with Gasteiger partial charge in [0.05, 0.1) is 0 Å². The van der Waals surface area contributed by atoms with Gasteiger partial charge in [0.15, 0.2) is 0 Å². The quantitative estimate of drug-likeness (QED) is 0.548. The van der Waals surface area contributed by atoms with Crippen molar-refractivity contribution in [1.29, 1.82) is 0 Å². The SMILES string of the molecule is O=c1cccnc2cccn12. The zero-order valence-corrected chi connectivity index (χ0v) is 5.77. The lowest BCUT2D eigenvalue weighted by Crippen LogP contribution is -2.05. The Labute approximate surface area is 62.9 Å². The van der Waals surface area contributed by atoms with Crippen molar-refractivity contribution in [3.8, 4) is 0 Å². The van der Waals surface area contributed by atoms with Crippen LogP contribution in [0.25, 0.3) is 5.65 Å². The maximum absolute atomic E-state index is 11.2. The second-order valence-electron chi connectivity index (χ2n) is 2.21. The van der Waals surface area contributed by atoms with E-state index in [2.05, 4.69) is 4.98 Å². The fourth-order valence-electron chi connectivity index (χ4n) is 0.988. The van der Waals surface area contributed by atoms with Crippen LogP contribution in [0.2, 0.25) is 0 Å². The minimum absolute atomic E-state index is 0.0532. The lowest BCUT2D eigenvalue weighted by atomic mass is 10.6. The Bertz CT molecular complexity index is 433. The highest BCUT2D eigenvalue weighted by atomic mass is 16.1. The van der Waals surface area contributed by atoms with Gasteiger partial charge < -0.3 is 0 Å². The van der Waals surface area contributed by atoms with E-state index in [1.807, 2.05) is 0 Å². The topological polar surface area (TPSA) is 34.4 Å². The molecular formula is C8H6N2O. The molecule has 0 aliphatic rings. The van der Waals surface area contributed by atoms with E-state index in [-0.39, 0.29) is 5.56 Å². The van der Waals surface area contributed by atoms with Crippen molar-refractivity contribution in [2.24, 2.45) is 0 Å². The number of hydrogen-bond donors (Lipinski definition) is 0. The first-order chi connectivity index (χ1) is 5.38. The highest BCUT2D eigenvalue weighted by molar-refractivity contribution is 5.36. The normalized spacial score (nSPS) is 10.2. The van der Waals surface area contributed by atoms with Crippen LogP contribution >= 0.6 is 0 Å². The first kappa shape index (κ1) is 6.09. The predicted octanol–water partition coefficient (Wildman–Crippen LogP) is 0.694. The maximum Gasteiger partial charge on any atom is 0.256 e. The Hall–Kier alpha value is -1.64. The summed E-state index contributed by atoms with van der Waals surface area (Å²) in [6.07, 6.45) is 3.31. The lowest BCUT2D eigenvalue weighted by Gasteiger charge is -1.80. The molecule has 0 N–H and O–H groups in total. The number of rotatable bonds is 0. The molecule has 3 heteroatoms. The van der Waals surface area contributed by atoms with Crippen molar-refractivity contribution in [2.45, 2.75) is 0 Å². The molecule has 0 aliphatic carbocycles. The largest absolute Gasteiger partial charge is 0.269 e. The van der Waals surface area contributed by atoms with E-state index in [4.69, 9.17) is 0 Å². The van der Waals surface area contributed by atoms with Gasteiger partial charge in [-0.25, -0.2) is 4.98 Å². The van der Waals surface area contributed by atoms with Crippen LogP contribution in [0.3, 0.4) is 0 Å². The van der Waals surface area contributed by atoms with Gasteiger partial charge in [0.2, 0.25) is 0 Å². The zero-order chi connectivity index (χ0) is 7.68. The summed E-state index contributed by atoms with van der Waals surface area (Å²) in [6, 6.07) is 6.71. The number of nitrogens with zero attached hydrogens (tertiary/aromatic N) is 2. The molecule has 2 aromatic heterocycles. The summed E-state index contributed by atoms with van der Waals surface area (Å²) < 4.78 is 1.50. The molecule has 2 rings (SSSR count). The van der Waals surface area contributed by atoms with Gasteiger partial charge in [0, 0.05) is 18.5 Å². The van der Waals surface area contributed by atoms with Crippen molar-refractivity contribution >= 4 is 5.65 Å². The second kappa shape index (κ2) is 2.20. The Balaban J connectivity index is 3.09. The molecule has 3 nitrogen and oxygen atoms in total. The van der Waals surface area contributed by atoms with Crippen LogP contribution in [0.1, 0.15) is 0 Å². The molecule has 54 valence electrons. The number of hydrogen-bond acceptors (Lipinski definition) is 2. The fraction of sp³-hybridized carbons (Fsp3) is 0. The molecule has 0 fully saturated rings. The third-order valence-electron chi connectivity index (χ3n) is 1.50. The molecule has 0 atom stereocenters. The van der Waals surface area contributed by atoms with Crippen LogP contribution in [-0.2, 0) is 0 Å². The van der Waals surface area contributed by atoms with Crippen LogP contribution in [0.4, 0.5) is 0 Å². The van der Waals surface area contributed by atoms with Crippen molar-refractivity contribution < 1.29 is 0 Å². The van der Waals surface area contributed by atoms with Crippen molar-refractivity contribution in [3.63, 3.8) is 0 Å². The summed E-state index contributed by atoms with van der Waals surface area (Å²) in [5.74, 6) is 0. The lowest BCUT2D eigenvalue weighted by molar-refractivity contribution is 1.11. The zero-order valence-electron chi connectivity index (χ0n) is 5.77. The minimum Gasteiger partial charge on any atom is -0.269 e. The van der Waals surface area contributed by atoms with Gasteiger partial charge in [-0.2, -0.15) is 0 Å². The summed E-state index contributed by atoms with van der Waals surface area (Å²) in [6.45, 7) is 0. The molecular weight excluding hydrogens is 140 g/mol. The smallest absolute Gasteiger partial charge is 0.256 e. The highest BCUT2D eigenvalue weighted by Gasteiger charge is 1.90. The Morgan fingerprint density at radius 2 is 2.18 bits per heavy atom. The van der Waals surface area contributed by atoms with E-state index in [9.17, 15) is 4.79 Å². The molecule has 2 aromatic rings. The van der Waals surface area contributed by atoms with E-state index in [0.29, 0.717) is 5.65 Å². The van der Waals surface area contributed by atoms with E-state index < -0.39 is 0 Å². The molecule has 0 aliphatic heterocycles. The molecule has 0 saturated carbocycles. The van der Waals surface area contributed by atoms with Crippen LogP contribution < -0.4 is 5.56 Å². The van der Waals surface area contributed by atoms with Gasteiger partial charge in [-0.15, -0.1) is 0 Å².